The fraction of sp³-hybridized carbons (Fsp3) is 0.100. The lowest BCUT2D eigenvalue weighted by Gasteiger charge is -2.09. The second-order valence-corrected chi connectivity index (χ2v) is 6.60. The van der Waals surface area contributed by atoms with E-state index >= 15 is 0 Å². The molecule has 5 aromatic rings. The first kappa shape index (κ1) is 16.4. The number of aromatic amines is 1. The second kappa shape index (κ2) is 6.43. The van der Waals surface area contributed by atoms with Gasteiger partial charge in [-0.3, -0.25) is 4.98 Å². The van der Waals surface area contributed by atoms with Gasteiger partial charge in [0.2, 0.25) is 0 Å². The monoisotopic (exact) mass is 370 g/mol. The smallest absolute Gasteiger partial charge is 0.165 e. The molecule has 0 aliphatic carbocycles. The Balaban J connectivity index is 1.66. The van der Waals surface area contributed by atoms with Crippen LogP contribution in [0.4, 0.5) is 5.82 Å². The van der Waals surface area contributed by atoms with E-state index in [9.17, 15) is 0 Å². The third-order valence-electron chi connectivity index (χ3n) is 4.90. The van der Waals surface area contributed by atoms with Gasteiger partial charge in [-0.25, -0.2) is 15.0 Å². The van der Waals surface area contributed by atoms with Gasteiger partial charge < -0.3 is 21.0 Å². The summed E-state index contributed by atoms with van der Waals surface area (Å²) in [6, 6.07) is 10.3. The second-order valence-electron chi connectivity index (χ2n) is 6.60. The zero-order chi connectivity index (χ0) is 19.1. The molecule has 0 aliphatic heterocycles. The van der Waals surface area contributed by atoms with Gasteiger partial charge in [0.1, 0.15) is 11.8 Å². The number of nitrogen functional groups attached to an aromatic ring is 1. The van der Waals surface area contributed by atoms with Crippen LogP contribution in [-0.2, 0) is 13.1 Å². The number of hydrogen-bond donors (Lipinski definition) is 3. The summed E-state index contributed by atoms with van der Waals surface area (Å²) in [5.41, 5.74) is 18.4. The van der Waals surface area contributed by atoms with E-state index in [2.05, 4.69) is 49.2 Å². The Morgan fingerprint density at radius 3 is 2.86 bits per heavy atom. The molecule has 5 N–H and O–H groups in total. The highest BCUT2D eigenvalue weighted by molar-refractivity contribution is 5.97. The molecule has 28 heavy (non-hydrogen) atoms. The SMILES string of the molecule is NCc1cc2c(-c3cccnc3)ccc(Cn3cnc4c(N)ncnc43)c2[nH]1. The Labute approximate surface area is 160 Å². The highest BCUT2D eigenvalue weighted by atomic mass is 15.1. The number of H-pyrrole nitrogens is 1. The third kappa shape index (κ3) is 2.58. The van der Waals surface area contributed by atoms with Crippen LogP contribution >= 0.6 is 0 Å². The van der Waals surface area contributed by atoms with Crippen molar-refractivity contribution >= 4 is 27.9 Å². The molecule has 0 bridgehead atoms. The van der Waals surface area contributed by atoms with Gasteiger partial charge in [-0.2, -0.15) is 0 Å². The Bertz CT molecular complexity index is 1290. The molecule has 0 unspecified atom stereocenters. The average molecular weight is 370 g/mol. The van der Waals surface area contributed by atoms with Crippen molar-refractivity contribution < 1.29 is 0 Å². The largest absolute Gasteiger partial charge is 0.382 e. The number of rotatable bonds is 4. The maximum atomic E-state index is 5.91. The molecule has 0 amide bonds. The molecule has 5 rings (SSSR count). The summed E-state index contributed by atoms with van der Waals surface area (Å²) >= 11 is 0. The van der Waals surface area contributed by atoms with Crippen molar-refractivity contribution in [2.75, 3.05) is 5.73 Å². The first-order valence-corrected chi connectivity index (χ1v) is 8.90. The summed E-state index contributed by atoms with van der Waals surface area (Å²) in [6.45, 7) is 1.04. The zero-order valence-electron chi connectivity index (χ0n) is 15.0. The minimum absolute atomic E-state index is 0.381. The number of fused-ring (bicyclic) bond motifs is 2. The maximum absolute atomic E-state index is 5.91. The summed E-state index contributed by atoms with van der Waals surface area (Å²) < 4.78 is 1.97. The van der Waals surface area contributed by atoms with Crippen molar-refractivity contribution in [2.24, 2.45) is 5.73 Å². The molecule has 1 aromatic carbocycles. The molecular formula is C20H18N8. The fourth-order valence-electron chi connectivity index (χ4n) is 3.55. The van der Waals surface area contributed by atoms with Crippen LogP contribution in [0.15, 0.2) is 55.4 Å². The molecule has 0 fully saturated rings. The van der Waals surface area contributed by atoms with Crippen LogP contribution in [0.3, 0.4) is 0 Å². The summed E-state index contributed by atoms with van der Waals surface area (Å²) in [6.07, 6.45) is 6.84. The minimum atomic E-state index is 0.381. The molecule has 0 saturated carbocycles. The summed E-state index contributed by atoms with van der Waals surface area (Å²) in [7, 11) is 0. The molecule has 0 atom stereocenters. The number of nitrogens with zero attached hydrogens (tertiary/aromatic N) is 5. The number of benzene rings is 1. The number of pyridine rings is 1. The quantitative estimate of drug-likeness (QED) is 0.446. The molecule has 8 nitrogen and oxygen atoms in total. The van der Waals surface area contributed by atoms with Crippen LogP contribution < -0.4 is 11.5 Å². The van der Waals surface area contributed by atoms with Gasteiger partial charge in [0.05, 0.1) is 18.4 Å². The van der Waals surface area contributed by atoms with Crippen molar-refractivity contribution in [3.05, 3.63) is 66.6 Å². The average Bonchev–Trinajstić information content (AvgIpc) is 3.34. The molecule has 0 aliphatic rings. The highest BCUT2D eigenvalue weighted by Gasteiger charge is 2.14. The van der Waals surface area contributed by atoms with Crippen molar-refractivity contribution in [3.8, 4) is 11.1 Å². The lowest BCUT2D eigenvalue weighted by atomic mass is 10.0. The van der Waals surface area contributed by atoms with Crippen LogP contribution in [0.5, 0.6) is 0 Å². The van der Waals surface area contributed by atoms with Crippen molar-refractivity contribution in [1.82, 2.24) is 29.5 Å². The lowest BCUT2D eigenvalue weighted by Crippen LogP contribution is -2.02. The number of anilines is 1. The van der Waals surface area contributed by atoms with Crippen molar-refractivity contribution in [2.45, 2.75) is 13.1 Å². The van der Waals surface area contributed by atoms with Gasteiger partial charge in [0.15, 0.2) is 11.5 Å². The predicted octanol–water partition coefficient (Wildman–Crippen LogP) is 2.46. The molecule has 4 aromatic heterocycles. The molecule has 0 saturated heterocycles. The van der Waals surface area contributed by atoms with Crippen molar-refractivity contribution in [3.63, 3.8) is 0 Å². The first-order chi connectivity index (χ1) is 13.7. The minimum Gasteiger partial charge on any atom is -0.382 e. The number of imidazole rings is 1. The Hall–Kier alpha value is -3.78. The first-order valence-electron chi connectivity index (χ1n) is 8.90. The Morgan fingerprint density at radius 1 is 1.11 bits per heavy atom. The van der Waals surface area contributed by atoms with Gasteiger partial charge in [-0.05, 0) is 23.3 Å². The van der Waals surface area contributed by atoms with E-state index in [1.807, 2.05) is 16.8 Å². The van der Waals surface area contributed by atoms with Crippen LogP contribution in [0, 0.1) is 0 Å². The van der Waals surface area contributed by atoms with E-state index in [4.69, 9.17) is 11.5 Å². The normalized spacial score (nSPS) is 11.5. The molecule has 4 heterocycles. The number of nitrogens with one attached hydrogen (secondary N) is 1. The number of aromatic nitrogens is 6. The third-order valence-corrected chi connectivity index (χ3v) is 4.90. The number of nitrogens with two attached hydrogens (primary N) is 2. The van der Waals surface area contributed by atoms with Crippen LogP contribution in [0.1, 0.15) is 11.3 Å². The van der Waals surface area contributed by atoms with Crippen LogP contribution in [0.2, 0.25) is 0 Å². The van der Waals surface area contributed by atoms with E-state index in [-0.39, 0.29) is 0 Å². The van der Waals surface area contributed by atoms with Gasteiger partial charge in [-0.15, -0.1) is 0 Å². The van der Waals surface area contributed by atoms with Gasteiger partial charge in [0.25, 0.3) is 0 Å². The van der Waals surface area contributed by atoms with Crippen LogP contribution in [-0.4, -0.2) is 29.5 Å². The van der Waals surface area contributed by atoms with E-state index in [0.717, 1.165) is 33.3 Å². The summed E-state index contributed by atoms with van der Waals surface area (Å²) in [4.78, 5) is 20.4. The standard InChI is InChI=1S/C20H18N8/c21-7-14-6-16-15(12-2-1-5-23-8-12)4-3-13(17(16)27-14)9-28-11-26-18-19(22)24-10-25-20(18)28/h1-6,8,10-11,27H,7,9,21H2,(H2,22,24,25). The lowest BCUT2D eigenvalue weighted by molar-refractivity contribution is 0.817. The van der Waals surface area contributed by atoms with E-state index in [0.29, 0.717) is 30.1 Å². The molecule has 0 radical (unpaired) electrons. The fourth-order valence-corrected chi connectivity index (χ4v) is 3.55. The zero-order valence-corrected chi connectivity index (χ0v) is 15.0. The topological polar surface area (TPSA) is 124 Å². The Kier molecular flexibility index (Phi) is 3.77. The molecule has 138 valence electrons. The maximum Gasteiger partial charge on any atom is 0.165 e. The highest BCUT2D eigenvalue weighted by Crippen LogP contribution is 2.32. The van der Waals surface area contributed by atoms with Gasteiger partial charge in [0, 0.05) is 35.6 Å². The van der Waals surface area contributed by atoms with E-state index in [1.165, 1.54) is 6.33 Å². The van der Waals surface area contributed by atoms with Crippen LogP contribution in [0.25, 0.3) is 33.2 Å². The molecular weight excluding hydrogens is 352 g/mol. The molecule has 8 heteroatoms. The summed E-state index contributed by atoms with van der Waals surface area (Å²) in [5, 5.41) is 1.12. The van der Waals surface area contributed by atoms with Gasteiger partial charge in [-0.1, -0.05) is 18.2 Å². The molecule has 0 spiro atoms. The predicted molar refractivity (Wildman–Crippen MR) is 108 cm³/mol. The summed E-state index contributed by atoms with van der Waals surface area (Å²) in [5.74, 6) is 0.381. The van der Waals surface area contributed by atoms with E-state index in [1.54, 1.807) is 12.5 Å². The van der Waals surface area contributed by atoms with Gasteiger partial charge >= 0.3 is 0 Å². The number of hydrogen-bond acceptors (Lipinski definition) is 6. The van der Waals surface area contributed by atoms with E-state index < -0.39 is 0 Å². The van der Waals surface area contributed by atoms with Crippen molar-refractivity contribution in [1.29, 1.82) is 0 Å². The Morgan fingerprint density at radius 2 is 2.04 bits per heavy atom.